The van der Waals surface area contributed by atoms with Gasteiger partial charge in [-0.2, -0.15) is 0 Å². The first-order valence-corrected chi connectivity index (χ1v) is 4.84. The highest BCUT2D eigenvalue weighted by Crippen LogP contribution is 2.32. The standard InChI is InChI=1S/C7H9Cl3O/c8-5-2-1-4(7(10)11)3-6(5)9/h4-6H,1-3H2. The van der Waals surface area contributed by atoms with Crippen LogP contribution in [0.25, 0.3) is 0 Å². The number of hydrogen-bond acceptors (Lipinski definition) is 1. The Kier molecular flexibility index (Phi) is 3.48. The van der Waals surface area contributed by atoms with Crippen LogP contribution >= 0.6 is 34.8 Å². The third-order valence-electron chi connectivity index (χ3n) is 2.01. The van der Waals surface area contributed by atoms with Crippen LogP contribution in [0.2, 0.25) is 0 Å². The molecular formula is C7H9Cl3O. The maximum Gasteiger partial charge on any atom is 0.224 e. The molecule has 0 aromatic heterocycles. The monoisotopic (exact) mass is 214 g/mol. The van der Waals surface area contributed by atoms with E-state index < -0.39 is 0 Å². The molecule has 1 aliphatic rings. The first-order valence-electron chi connectivity index (χ1n) is 3.58. The normalized spacial score (nSPS) is 38.6. The molecule has 1 nitrogen and oxygen atoms in total. The molecule has 0 heterocycles. The van der Waals surface area contributed by atoms with Crippen molar-refractivity contribution >= 4 is 40.0 Å². The van der Waals surface area contributed by atoms with Crippen LogP contribution in [0.3, 0.4) is 0 Å². The Bertz CT molecular complexity index is 160. The molecule has 1 aliphatic carbocycles. The summed E-state index contributed by atoms with van der Waals surface area (Å²) in [6, 6.07) is 0. The lowest BCUT2D eigenvalue weighted by Crippen LogP contribution is -2.28. The summed E-state index contributed by atoms with van der Waals surface area (Å²) in [6.45, 7) is 0. The van der Waals surface area contributed by atoms with Crippen LogP contribution in [0, 0.1) is 5.92 Å². The smallest absolute Gasteiger partial charge is 0.224 e. The largest absolute Gasteiger partial charge is 0.281 e. The average Bonchev–Trinajstić information content (AvgIpc) is 1.94. The van der Waals surface area contributed by atoms with E-state index in [0.29, 0.717) is 6.42 Å². The van der Waals surface area contributed by atoms with Crippen LogP contribution in [0.1, 0.15) is 19.3 Å². The van der Waals surface area contributed by atoms with Gasteiger partial charge in [0.15, 0.2) is 0 Å². The molecule has 0 aromatic rings. The predicted octanol–water partition coefficient (Wildman–Crippen LogP) is 2.77. The Morgan fingerprint density at radius 3 is 2.27 bits per heavy atom. The third kappa shape index (κ3) is 2.50. The van der Waals surface area contributed by atoms with Crippen LogP contribution in [0.5, 0.6) is 0 Å². The molecule has 11 heavy (non-hydrogen) atoms. The Hall–Kier alpha value is 0.540. The molecule has 3 atom stereocenters. The molecule has 0 bridgehead atoms. The molecule has 1 fully saturated rings. The third-order valence-corrected chi connectivity index (χ3v) is 3.46. The van der Waals surface area contributed by atoms with Gasteiger partial charge in [0.1, 0.15) is 0 Å². The summed E-state index contributed by atoms with van der Waals surface area (Å²) < 4.78 is 0. The van der Waals surface area contributed by atoms with E-state index in [0.717, 1.165) is 12.8 Å². The Balaban J connectivity index is 2.46. The summed E-state index contributed by atoms with van der Waals surface area (Å²) in [5, 5.41) is -0.374. The molecule has 64 valence electrons. The number of carbonyl (C=O) groups is 1. The fourth-order valence-electron chi connectivity index (χ4n) is 1.28. The van der Waals surface area contributed by atoms with Crippen molar-refractivity contribution in [1.29, 1.82) is 0 Å². The molecule has 3 unspecified atom stereocenters. The SMILES string of the molecule is O=C(Cl)C1CCC(Cl)C(Cl)C1. The molecule has 0 saturated heterocycles. The van der Waals surface area contributed by atoms with Crippen molar-refractivity contribution in [1.82, 2.24) is 0 Å². The number of hydrogen-bond donors (Lipinski definition) is 0. The highest BCUT2D eigenvalue weighted by atomic mass is 35.5. The Morgan fingerprint density at radius 1 is 1.18 bits per heavy atom. The number of halogens is 3. The van der Waals surface area contributed by atoms with Gasteiger partial charge in [0, 0.05) is 11.3 Å². The summed E-state index contributed by atoms with van der Waals surface area (Å²) in [7, 11) is 0. The maximum atomic E-state index is 10.7. The first-order chi connectivity index (χ1) is 5.11. The van der Waals surface area contributed by atoms with Crippen molar-refractivity contribution < 1.29 is 4.79 Å². The topological polar surface area (TPSA) is 17.1 Å². The zero-order chi connectivity index (χ0) is 8.43. The summed E-state index contributed by atoms with van der Waals surface area (Å²) in [4.78, 5) is 10.7. The molecule has 0 spiro atoms. The molecule has 0 N–H and O–H groups in total. The predicted molar refractivity (Wildman–Crippen MR) is 47.5 cm³/mol. The molecule has 1 saturated carbocycles. The van der Waals surface area contributed by atoms with Crippen molar-refractivity contribution in [3.63, 3.8) is 0 Å². The van der Waals surface area contributed by atoms with Crippen LogP contribution in [-0.2, 0) is 4.79 Å². The van der Waals surface area contributed by atoms with Crippen molar-refractivity contribution in [2.45, 2.75) is 30.0 Å². The summed E-state index contributed by atoms with van der Waals surface area (Å²) >= 11 is 17.0. The quantitative estimate of drug-likeness (QED) is 0.486. The van der Waals surface area contributed by atoms with E-state index in [9.17, 15) is 4.79 Å². The highest BCUT2D eigenvalue weighted by molar-refractivity contribution is 6.64. The second kappa shape index (κ2) is 3.97. The lowest BCUT2D eigenvalue weighted by atomic mass is 9.89. The molecule has 4 heteroatoms. The molecule has 0 aromatic carbocycles. The van der Waals surface area contributed by atoms with Gasteiger partial charge in [-0.25, -0.2) is 0 Å². The zero-order valence-electron chi connectivity index (χ0n) is 5.90. The van der Waals surface area contributed by atoms with Crippen LogP contribution < -0.4 is 0 Å². The second-order valence-corrected chi connectivity index (χ2v) is 4.34. The van der Waals surface area contributed by atoms with Crippen molar-refractivity contribution in [2.24, 2.45) is 5.92 Å². The summed E-state index contributed by atoms with van der Waals surface area (Å²) in [5.74, 6) is -0.0748. The van der Waals surface area contributed by atoms with Gasteiger partial charge < -0.3 is 0 Å². The van der Waals surface area contributed by atoms with E-state index in [1.165, 1.54) is 0 Å². The molecule has 1 rings (SSSR count). The van der Waals surface area contributed by atoms with Gasteiger partial charge in [0.2, 0.25) is 5.24 Å². The minimum atomic E-state index is -0.279. The lowest BCUT2D eigenvalue weighted by Gasteiger charge is -2.26. The van der Waals surface area contributed by atoms with Crippen molar-refractivity contribution in [2.75, 3.05) is 0 Å². The van der Waals surface area contributed by atoms with Gasteiger partial charge in [-0.3, -0.25) is 4.79 Å². The second-order valence-electron chi connectivity index (χ2n) is 2.85. The fraction of sp³-hybridized carbons (Fsp3) is 0.857. The van der Waals surface area contributed by atoms with E-state index in [-0.39, 0.29) is 21.9 Å². The van der Waals surface area contributed by atoms with Crippen molar-refractivity contribution in [3.8, 4) is 0 Å². The van der Waals surface area contributed by atoms with Crippen LogP contribution in [0.4, 0.5) is 0 Å². The summed E-state index contributed by atoms with van der Waals surface area (Å²) in [6.07, 6.45) is 2.19. The number of alkyl halides is 2. The zero-order valence-corrected chi connectivity index (χ0v) is 8.16. The van der Waals surface area contributed by atoms with Gasteiger partial charge in [0.25, 0.3) is 0 Å². The first kappa shape index (κ1) is 9.63. The minimum absolute atomic E-state index is 0.00364. The number of carbonyl (C=O) groups excluding carboxylic acids is 1. The van der Waals surface area contributed by atoms with Crippen molar-refractivity contribution in [3.05, 3.63) is 0 Å². The molecular weight excluding hydrogens is 206 g/mol. The maximum absolute atomic E-state index is 10.7. The van der Waals surface area contributed by atoms with Gasteiger partial charge in [-0.15, -0.1) is 23.2 Å². The van der Waals surface area contributed by atoms with E-state index in [2.05, 4.69) is 0 Å². The molecule has 0 radical (unpaired) electrons. The lowest BCUT2D eigenvalue weighted by molar-refractivity contribution is -0.115. The minimum Gasteiger partial charge on any atom is -0.281 e. The van der Waals surface area contributed by atoms with E-state index >= 15 is 0 Å². The molecule has 0 aliphatic heterocycles. The highest BCUT2D eigenvalue weighted by Gasteiger charge is 2.30. The molecule has 0 amide bonds. The van der Waals surface area contributed by atoms with E-state index in [1.807, 2.05) is 0 Å². The summed E-state index contributed by atoms with van der Waals surface area (Å²) in [5.41, 5.74) is 0. The van der Waals surface area contributed by atoms with Crippen LogP contribution in [0.15, 0.2) is 0 Å². The number of rotatable bonds is 1. The van der Waals surface area contributed by atoms with Gasteiger partial charge >= 0.3 is 0 Å². The average molecular weight is 216 g/mol. The van der Waals surface area contributed by atoms with E-state index in [4.69, 9.17) is 34.8 Å². The van der Waals surface area contributed by atoms with Gasteiger partial charge in [-0.1, -0.05) is 0 Å². The Labute approximate surface area is 81.0 Å². The van der Waals surface area contributed by atoms with Gasteiger partial charge in [-0.05, 0) is 30.9 Å². The van der Waals surface area contributed by atoms with Crippen LogP contribution in [-0.4, -0.2) is 16.0 Å². The van der Waals surface area contributed by atoms with E-state index in [1.54, 1.807) is 0 Å². The fourth-order valence-corrected chi connectivity index (χ4v) is 2.05. The Morgan fingerprint density at radius 2 is 1.82 bits per heavy atom. The van der Waals surface area contributed by atoms with Gasteiger partial charge in [0.05, 0.1) is 5.38 Å².